The summed E-state index contributed by atoms with van der Waals surface area (Å²) in [4.78, 5) is 4.58. The lowest BCUT2D eigenvalue weighted by atomic mass is 9.75. The second-order valence-electron chi connectivity index (χ2n) is 6.61. The van der Waals surface area contributed by atoms with Crippen molar-refractivity contribution in [2.24, 2.45) is 11.3 Å². The Morgan fingerprint density at radius 2 is 1.86 bits per heavy atom. The zero-order chi connectivity index (χ0) is 15.6. The predicted molar refractivity (Wildman–Crippen MR) is 93.2 cm³/mol. The first-order valence-electron chi connectivity index (χ1n) is 7.56. The fourth-order valence-electron chi connectivity index (χ4n) is 2.32. The Bertz CT molecular complexity index is 685. The molecule has 1 heterocycles. The molecule has 0 unspecified atom stereocenters. The lowest BCUT2D eigenvalue weighted by molar-refractivity contribution is 0.318. The van der Waals surface area contributed by atoms with Crippen LogP contribution >= 0.6 is 0 Å². The maximum Gasteiger partial charge on any atom is 0.0737 e. The molecule has 0 radical (unpaired) electrons. The topological polar surface area (TPSA) is 12.9 Å². The van der Waals surface area contributed by atoms with Crippen molar-refractivity contribution in [2.75, 3.05) is 0 Å². The van der Waals surface area contributed by atoms with Gasteiger partial charge in [0.2, 0.25) is 0 Å². The Morgan fingerprint density at radius 3 is 2.52 bits per heavy atom. The number of pyridine rings is 1. The molecule has 0 aliphatic rings. The van der Waals surface area contributed by atoms with Crippen molar-refractivity contribution in [1.29, 1.82) is 0 Å². The van der Waals surface area contributed by atoms with Crippen LogP contribution in [0.4, 0.5) is 0 Å². The third-order valence-electron chi connectivity index (χ3n) is 4.71. The first kappa shape index (κ1) is 15.5. The Balaban J connectivity index is 2.45. The molecule has 1 aromatic heterocycles. The van der Waals surface area contributed by atoms with Crippen molar-refractivity contribution in [2.45, 2.75) is 34.6 Å². The van der Waals surface area contributed by atoms with E-state index in [-0.39, 0.29) is 5.41 Å². The van der Waals surface area contributed by atoms with E-state index in [9.17, 15) is 0 Å². The first-order valence-corrected chi connectivity index (χ1v) is 7.56. The van der Waals surface area contributed by atoms with Crippen molar-refractivity contribution in [3.05, 3.63) is 60.5 Å². The number of allylic oxidation sites excluding steroid dienone is 3. The molecule has 1 nitrogen and oxygen atoms in total. The normalized spacial score (nSPS) is 13.0. The number of hydrogen-bond acceptors (Lipinski definition) is 1. The molecule has 0 aliphatic heterocycles. The summed E-state index contributed by atoms with van der Waals surface area (Å²) in [6.07, 6.45) is 4.07. The molecule has 0 saturated heterocycles. The predicted octanol–water partition coefficient (Wildman–Crippen LogP) is 5.88. The zero-order valence-electron chi connectivity index (χ0n) is 13.8. The Kier molecular flexibility index (Phi) is 4.32. The van der Waals surface area contributed by atoms with E-state index >= 15 is 0 Å². The van der Waals surface area contributed by atoms with Crippen LogP contribution in [0.1, 0.15) is 40.3 Å². The van der Waals surface area contributed by atoms with Gasteiger partial charge in [-0.2, -0.15) is 0 Å². The molecule has 2 rings (SSSR count). The molecule has 0 N–H and O–H groups in total. The van der Waals surface area contributed by atoms with Gasteiger partial charge in [-0.15, -0.1) is 0 Å². The highest BCUT2D eigenvalue weighted by atomic mass is 14.7. The minimum absolute atomic E-state index is 0.0891. The van der Waals surface area contributed by atoms with Crippen LogP contribution in [0.5, 0.6) is 0 Å². The number of benzene rings is 1. The van der Waals surface area contributed by atoms with Crippen molar-refractivity contribution >= 4 is 16.3 Å². The maximum atomic E-state index is 4.58. The average molecular weight is 279 g/mol. The summed E-state index contributed by atoms with van der Waals surface area (Å²) in [6, 6.07) is 10.4. The standard InChI is InChI=1S/C20H25N/c1-14(2)20(5,6)16(4)13-15(3)19-18-10-8-7-9-17(18)11-12-21-19/h7-14H,4H2,1-3,5-6H3/b15-13+. The van der Waals surface area contributed by atoms with Crippen molar-refractivity contribution in [3.8, 4) is 0 Å². The summed E-state index contributed by atoms with van der Waals surface area (Å²) in [5.41, 5.74) is 3.47. The Hall–Kier alpha value is -1.89. The van der Waals surface area contributed by atoms with E-state index in [4.69, 9.17) is 0 Å². The summed E-state index contributed by atoms with van der Waals surface area (Å²) in [7, 11) is 0. The zero-order valence-corrected chi connectivity index (χ0v) is 13.8. The number of nitrogens with zero attached hydrogens (tertiary/aromatic N) is 1. The van der Waals surface area contributed by atoms with Crippen molar-refractivity contribution in [1.82, 2.24) is 4.98 Å². The highest BCUT2D eigenvalue weighted by molar-refractivity contribution is 5.91. The lowest BCUT2D eigenvalue weighted by Gasteiger charge is -2.30. The molecule has 0 fully saturated rings. The van der Waals surface area contributed by atoms with Crippen LogP contribution in [0.25, 0.3) is 16.3 Å². The van der Waals surface area contributed by atoms with Crippen LogP contribution in [0.15, 0.2) is 54.8 Å². The molecule has 21 heavy (non-hydrogen) atoms. The van der Waals surface area contributed by atoms with E-state index in [1.807, 2.05) is 6.20 Å². The van der Waals surface area contributed by atoms with Crippen LogP contribution in [-0.2, 0) is 0 Å². The van der Waals surface area contributed by atoms with Crippen molar-refractivity contribution < 1.29 is 0 Å². The summed E-state index contributed by atoms with van der Waals surface area (Å²) >= 11 is 0. The Morgan fingerprint density at radius 1 is 1.19 bits per heavy atom. The third kappa shape index (κ3) is 3.07. The van der Waals surface area contributed by atoms with Gasteiger partial charge in [0.05, 0.1) is 5.69 Å². The van der Waals surface area contributed by atoms with Crippen LogP contribution in [0.2, 0.25) is 0 Å². The largest absolute Gasteiger partial charge is 0.256 e. The van der Waals surface area contributed by atoms with Crippen LogP contribution < -0.4 is 0 Å². The van der Waals surface area contributed by atoms with Gasteiger partial charge in [-0.3, -0.25) is 4.98 Å². The van der Waals surface area contributed by atoms with Crippen molar-refractivity contribution in [3.63, 3.8) is 0 Å². The molecule has 1 heteroatoms. The van der Waals surface area contributed by atoms with E-state index in [1.165, 1.54) is 16.3 Å². The van der Waals surface area contributed by atoms with Gasteiger partial charge in [0.15, 0.2) is 0 Å². The Labute approximate surface area is 128 Å². The average Bonchev–Trinajstić information content (AvgIpc) is 2.46. The molecular formula is C20H25N. The van der Waals surface area contributed by atoms with Gasteiger partial charge in [0, 0.05) is 11.6 Å². The smallest absolute Gasteiger partial charge is 0.0737 e. The summed E-state index contributed by atoms with van der Waals surface area (Å²) in [5.74, 6) is 0.550. The molecule has 110 valence electrons. The summed E-state index contributed by atoms with van der Waals surface area (Å²) in [6.45, 7) is 15.4. The molecule has 0 spiro atoms. The third-order valence-corrected chi connectivity index (χ3v) is 4.71. The SMILES string of the molecule is C=C(/C=C(\C)c1nccc2ccccc12)C(C)(C)C(C)C. The van der Waals surface area contributed by atoms with Gasteiger partial charge in [0.1, 0.15) is 0 Å². The van der Waals surface area contributed by atoms with Gasteiger partial charge in [-0.1, -0.05) is 64.6 Å². The van der Waals surface area contributed by atoms with Gasteiger partial charge in [0.25, 0.3) is 0 Å². The molecule has 1 aromatic carbocycles. The minimum Gasteiger partial charge on any atom is -0.256 e. The van der Waals surface area contributed by atoms with E-state index in [2.05, 4.69) is 82.6 Å². The van der Waals surface area contributed by atoms with E-state index in [1.54, 1.807) is 0 Å². The molecule has 0 aliphatic carbocycles. The molecule has 0 amide bonds. The van der Waals surface area contributed by atoms with Crippen LogP contribution in [0.3, 0.4) is 0 Å². The van der Waals surface area contributed by atoms with E-state index < -0.39 is 0 Å². The van der Waals surface area contributed by atoms with Gasteiger partial charge in [-0.05, 0) is 40.9 Å². The fraction of sp³-hybridized carbons (Fsp3) is 0.350. The number of rotatable bonds is 4. The first-order chi connectivity index (χ1) is 9.84. The molecule has 0 saturated carbocycles. The van der Waals surface area contributed by atoms with E-state index in [0.717, 1.165) is 11.3 Å². The monoisotopic (exact) mass is 279 g/mol. The molecule has 2 aromatic rings. The molecule has 0 bridgehead atoms. The number of hydrogen-bond donors (Lipinski definition) is 0. The number of fused-ring (bicyclic) bond motifs is 1. The van der Waals surface area contributed by atoms with E-state index in [0.29, 0.717) is 5.92 Å². The second kappa shape index (κ2) is 5.85. The van der Waals surface area contributed by atoms with Crippen LogP contribution in [0, 0.1) is 11.3 Å². The van der Waals surface area contributed by atoms with Crippen LogP contribution in [-0.4, -0.2) is 4.98 Å². The maximum absolute atomic E-state index is 4.58. The number of aromatic nitrogens is 1. The quantitative estimate of drug-likeness (QED) is 0.637. The van der Waals surface area contributed by atoms with Gasteiger partial charge in [-0.25, -0.2) is 0 Å². The second-order valence-corrected chi connectivity index (χ2v) is 6.61. The van der Waals surface area contributed by atoms with Gasteiger partial charge < -0.3 is 0 Å². The highest BCUT2D eigenvalue weighted by Crippen LogP contribution is 2.36. The summed E-state index contributed by atoms with van der Waals surface area (Å²) < 4.78 is 0. The highest BCUT2D eigenvalue weighted by Gasteiger charge is 2.24. The fourth-order valence-corrected chi connectivity index (χ4v) is 2.32. The molecular weight excluding hydrogens is 254 g/mol. The summed E-state index contributed by atoms with van der Waals surface area (Å²) in [5, 5.41) is 2.42. The van der Waals surface area contributed by atoms with Gasteiger partial charge >= 0.3 is 0 Å². The molecule has 0 atom stereocenters. The minimum atomic E-state index is 0.0891. The lowest BCUT2D eigenvalue weighted by Crippen LogP contribution is -2.20.